The van der Waals surface area contributed by atoms with E-state index in [9.17, 15) is 4.79 Å². The quantitative estimate of drug-likeness (QED) is 0.349. The number of nitrogens with one attached hydrogen (secondary N) is 2. The fraction of sp³-hybridized carbons (Fsp3) is 0.222. The second kappa shape index (κ2) is 9.89. The number of hydrogen-bond donors (Lipinski definition) is 2. The van der Waals surface area contributed by atoms with Crippen LogP contribution in [0.5, 0.6) is 17.2 Å². The average molecular weight is 471 g/mol. The van der Waals surface area contributed by atoms with Crippen molar-refractivity contribution < 1.29 is 19.0 Å². The molecule has 0 aliphatic heterocycles. The monoisotopic (exact) mass is 470 g/mol. The molecule has 1 aliphatic carbocycles. The number of anilines is 1. The third-order valence-corrected chi connectivity index (χ3v) is 5.82. The molecule has 0 radical (unpaired) electrons. The molecule has 0 atom stereocenters. The molecule has 0 unspecified atom stereocenters. The van der Waals surface area contributed by atoms with Crippen LogP contribution in [0.1, 0.15) is 40.5 Å². The number of methoxy groups -OCH3 is 2. The van der Waals surface area contributed by atoms with Gasteiger partial charge in [0.25, 0.3) is 5.91 Å². The first-order valence-corrected chi connectivity index (χ1v) is 11.4. The van der Waals surface area contributed by atoms with Gasteiger partial charge < -0.3 is 19.5 Å². The molecule has 1 aliphatic rings. The maximum atomic E-state index is 13.0. The van der Waals surface area contributed by atoms with E-state index in [1.54, 1.807) is 12.1 Å². The van der Waals surface area contributed by atoms with Gasteiger partial charge in [0.1, 0.15) is 12.4 Å². The third-order valence-electron chi connectivity index (χ3n) is 5.82. The largest absolute Gasteiger partial charge is 0.493 e. The number of aromatic nitrogens is 3. The van der Waals surface area contributed by atoms with Gasteiger partial charge in [-0.15, -0.1) is 0 Å². The summed E-state index contributed by atoms with van der Waals surface area (Å²) in [5.74, 6) is 3.09. The van der Waals surface area contributed by atoms with Crippen LogP contribution >= 0.6 is 0 Å². The van der Waals surface area contributed by atoms with Crippen LogP contribution in [0.2, 0.25) is 0 Å². The summed E-state index contributed by atoms with van der Waals surface area (Å²) in [7, 11) is 3.06. The number of H-pyrrole nitrogens is 1. The number of aromatic amines is 1. The van der Waals surface area contributed by atoms with E-state index in [2.05, 4.69) is 20.5 Å². The summed E-state index contributed by atoms with van der Waals surface area (Å²) in [6.07, 6.45) is 2.32. The highest BCUT2D eigenvalue weighted by molar-refractivity contribution is 6.05. The highest BCUT2D eigenvalue weighted by Crippen LogP contribution is 2.40. The Bertz CT molecular complexity index is 1290. The topological polar surface area (TPSA) is 98.4 Å². The van der Waals surface area contributed by atoms with Crippen LogP contribution in [0.25, 0.3) is 11.4 Å². The maximum Gasteiger partial charge on any atom is 0.255 e. The number of ether oxygens (including phenoxy) is 3. The Morgan fingerprint density at radius 1 is 1.00 bits per heavy atom. The average Bonchev–Trinajstić information content (AvgIpc) is 3.64. The first-order valence-electron chi connectivity index (χ1n) is 11.4. The van der Waals surface area contributed by atoms with Crippen LogP contribution in [0, 0.1) is 0 Å². The minimum Gasteiger partial charge on any atom is -0.493 e. The van der Waals surface area contributed by atoms with Crippen LogP contribution in [0.4, 0.5) is 5.69 Å². The minimum absolute atomic E-state index is 0.294. The number of rotatable bonds is 9. The molecular formula is C27H26N4O4. The molecule has 1 fully saturated rings. The Labute approximate surface area is 203 Å². The summed E-state index contributed by atoms with van der Waals surface area (Å²) in [5, 5.41) is 10.2. The van der Waals surface area contributed by atoms with Gasteiger partial charge in [-0.1, -0.05) is 30.3 Å². The van der Waals surface area contributed by atoms with Crippen LogP contribution in [-0.2, 0) is 6.61 Å². The van der Waals surface area contributed by atoms with Gasteiger partial charge in [-0.05, 0) is 54.8 Å². The minimum atomic E-state index is -0.294. The van der Waals surface area contributed by atoms with Gasteiger partial charge in [0, 0.05) is 22.7 Å². The van der Waals surface area contributed by atoms with E-state index < -0.39 is 0 Å². The van der Waals surface area contributed by atoms with Gasteiger partial charge in [-0.3, -0.25) is 9.89 Å². The van der Waals surface area contributed by atoms with Crippen molar-refractivity contribution in [2.45, 2.75) is 25.4 Å². The molecule has 1 aromatic heterocycles. The van der Waals surface area contributed by atoms with E-state index in [1.807, 2.05) is 54.6 Å². The molecule has 8 heteroatoms. The van der Waals surface area contributed by atoms with Crippen molar-refractivity contribution in [2.75, 3.05) is 19.5 Å². The normalized spacial score (nSPS) is 12.7. The lowest BCUT2D eigenvalue weighted by atomic mass is 10.1. The van der Waals surface area contributed by atoms with Crippen molar-refractivity contribution in [3.8, 4) is 28.6 Å². The number of benzene rings is 3. The number of nitrogens with zero attached hydrogens (tertiary/aromatic N) is 2. The van der Waals surface area contributed by atoms with Gasteiger partial charge in [0.05, 0.1) is 14.2 Å². The predicted octanol–water partition coefficient (Wildman–Crippen LogP) is 5.20. The molecule has 35 heavy (non-hydrogen) atoms. The van der Waals surface area contributed by atoms with Gasteiger partial charge in [-0.25, -0.2) is 4.98 Å². The van der Waals surface area contributed by atoms with E-state index >= 15 is 0 Å². The molecule has 4 aromatic rings. The second-order valence-electron chi connectivity index (χ2n) is 8.33. The molecule has 8 nitrogen and oxygen atoms in total. The van der Waals surface area contributed by atoms with E-state index in [0.717, 1.165) is 29.8 Å². The van der Waals surface area contributed by atoms with Gasteiger partial charge in [-0.2, -0.15) is 5.10 Å². The second-order valence-corrected chi connectivity index (χ2v) is 8.33. The summed E-state index contributed by atoms with van der Waals surface area (Å²) < 4.78 is 17.0. The van der Waals surface area contributed by atoms with E-state index in [-0.39, 0.29) is 5.91 Å². The molecule has 0 spiro atoms. The zero-order chi connectivity index (χ0) is 24.2. The molecular weight excluding hydrogens is 444 g/mol. The number of hydrogen-bond acceptors (Lipinski definition) is 6. The smallest absolute Gasteiger partial charge is 0.255 e. The molecule has 1 heterocycles. The van der Waals surface area contributed by atoms with Gasteiger partial charge in [0.2, 0.25) is 5.75 Å². The first-order chi connectivity index (χ1) is 17.1. The zero-order valence-corrected chi connectivity index (χ0v) is 19.6. The highest BCUT2D eigenvalue weighted by atomic mass is 16.5. The Hall–Kier alpha value is -4.33. The fourth-order valence-corrected chi connectivity index (χ4v) is 3.73. The lowest BCUT2D eigenvalue weighted by Gasteiger charge is -2.16. The van der Waals surface area contributed by atoms with Crippen molar-refractivity contribution in [2.24, 2.45) is 0 Å². The van der Waals surface area contributed by atoms with Crippen molar-refractivity contribution in [1.82, 2.24) is 15.2 Å². The van der Waals surface area contributed by atoms with Crippen LogP contribution in [0.15, 0.2) is 66.7 Å². The molecule has 2 N–H and O–H groups in total. The number of carbonyl (C=O) groups excluding carboxylic acids is 1. The molecule has 0 saturated heterocycles. The van der Waals surface area contributed by atoms with Crippen molar-refractivity contribution in [1.29, 1.82) is 0 Å². The van der Waals surface area contributed by atoms with Crippen molar-refractivity contribution in [3.63, 3.8) is 0 Å². The Kier molecular flexibility index (Phi) is 6.34. The van der Waals surface area contributed by atoms with E-state index in [1.165, 1.54) is 14.2 Å². The summed E-state index contributed by atoms with van der Waals surface area (Å²) in [6, 6.07) is 20.5. The standard InChI is InChI=1S/C27H26N4O4/c1-33-22-14-20(15-23(34-2)24(22)35-16-17-6-4-3-5-7-17)27(32)28-21-12-10-19(11-13-21)26-29-25(30-31-26)18-8-9-18/h3-7,10-15,18H,8-9,16H2,1-2H3,(H,28,32)(H,29,30,31). The fourth-order valence-electron chi connectivity index (χ4n) is 3.73. The Balaban J connectivity index is 1.30. The molecule has 178 valence electrons. The summed E-state index contributed by atoms with van der Waals surface area (Å²) in [4.78, 5) is 17.6. The van der Waals surface area contributed by atoms with Gasteiger partial charge in [0.15, 0.2) is 17.3 Å². The van der Waals surface area contributed by atoms with Gasteiger partial charge >= 0.3 is 0 Å². The molecule has 1 amide bonds. The van der Waals surface area contributed by atoms with E-state index in [4.69, 9.17) is 14.2 Å². The van der Waals surface area contributed by atoms with Crippen LogP contribution < -0.4 is 19.5 Å². The van der Waals surface area contributed by atoms with Crippen molar-refractivity contribution in [3.05, 3.63) is 83.7 Å². The molecule has 3 aromatic carbocycles. The predicted molar refractivity (Wildman–Crippen MR) is 132 cm³/mol. The van der Waals surface area contributed by atoms with Crippen LogP contribution in [-0.4, -0.2) is 35.3 Å². The summed E-state index contributed by atoms with van der Waals surface area (Å²) >= 11 is 0. The molecule has 1 saturated carbocycles. The molecule has 5 rings (SSSR count). The zero-order valence-electron chi connectivity index (χ0n) is 19.6. The lowest BCUT2D eigenvalue weighted by molar-refractivity contribution is 0.102. The Morgan fingerprint density at radius 3 is 2.31 bits per heavy atom. The lowest BCUT2D eigenvalue weighted by Crippen LogP contribution is -2.12. The SMILES string of the molecule is COc1cc(C(=O)Nc2ccc(-c3n[nH]c(C4CC4)n3)cc2)cc(OC)c1OCc1ccccc1. The summed E-state index contributed by atoms with van der Waals surface area (Å²) in [6.45, 7) is 0.346. The third kappa shape index (κ3) is 5.11. The van der Waals surface area contributed by atoms with E-state index in [0.29, 0.717) is 46.8 Å². The molecule has 0 bridgehead atoms. The highest BCUT2D eigenvalue weighted by Gasteiger charge is 2.27. The Morgan fingerprint density at radius 2 is 1.69 bits per heavy atom. The first kappa shape index (κ1) is 22.5. The number of carbonyl (C=O) groups is 1. The van der Waals surface area contributed by atoms with Crippen LogP contribution in [0.3, 0.4) is 0 Å². The van der Waals surface area contributed by atoms with Crippen molar-refractivity contribution >= 4 is 11.6 Å². The summed E-state index contributed by atoms with van der Waals surface area (Å²) in [5.41, 5.74) is 2.93. The maximum absolute atomic E-state index is 13.0. The number of amides is 1.